The summed E-state index contributed by atoms with van der Waals surface area (Å²) in [6.45, 7) is 1.28. The predicted molar refractivity (Wildman–Crippen MR) is 103 cm³/mol. The van der Waals surface area contributed by atoms with Crippen LogP contribution in [0.4, 0.5) is 0 Å². The monoisotopic (exact) mass is 398 g/mol. The van der Waals surface area contributed by atoms with Crippen LogP contribution in [0.15, 0.2) is 18.5 Å². The van der Waals surface area contributed by atoms with Gasteiger partial charge in [-0.05, 0) is 57.4 Å². The molecule has 29 heavy (non-hydrogen) atoms. The number of nitrogens with zero attached hydrogens (tertiary/aromatic N) is 6. The van der Waals surface area contributed by atoms with Crippen molar-refractivity contribution in [3.8, 4) is 0 Å². The fraction of sp³-hybridized carbons (Fsp3) is 0.650. The first-order valence-electron chi connectivity index (χ1n) is 10.6. The van der Waals surface area contributed by atoms with Crippen LogP contribution in [0.3, 0.4) is 0 Å². The molecular formula is C20H26N6O3. The van der Waals surface area contributed by atoms with Gasteiger partial charge in [-0.3, -0.25) is 9.59 Å². The van der Waals surface area contributed by atoms with Crippen molar-refractivity contribution in [1.29, 1.82) is 0 Å². The largest absolute Gasteiger partial charge is 0.393 e. The Morgan fingerprint density at radius 2 is 1.90 bits per heavy atom. The summed E-state index contributed by atoms with van der Waals surface area (Å²) in [4.78, 5) is 39.1. The van der Waals surface area contributed by atoms with Crippen LogP contribution in [-0.4, -0.2) is 77.1 Å². The first kappa shape index (κ1) is 18.5. The van der Waals surface area contributed by atoms with Gasteiger partial charge < -0.3 is 14.9 Å². The molecule has 9 heteroatoms. The number of amides is 2. The molecule has 154 valence electrons. The summed E-state index contributed by atoms with van der Waals surface area (Å²) in [5, 5.41) is 14.1. The molecule has 1 unspecified atom stereocenters. The Kier molecular flexibility index (Phi) is 4.49. The molecular weight excluding hydrogens is 372 g/mol. The maximum atomic E-state index is 13.7. The number of fused-ring (bicyclic) bond motifs is 1. The van der Waals surface area contributed by atoms with Crippen molar-refractivity contribution in [2.75, 3.05) is 13.1 Å². The normalized spacial score (nSPS) is 30.4. The van der Waals surface area contributed by atoms with Crippen molar-refractivity contribution >= 4 is 17.6 Å². The second kappa shape index (κ2) is 7.05. The molecule has 1 spiro atoms. The number of aliphatic hydroxyl groups is 1. The molecule has 2 aliphatic heterocycles. The van der Waals surface area contributed by atoms with Crippen LogP contribution < -0.4 is 0 Å². The molecule has 2 amide bonds. The van der Waals surface area contributed by atoms with Gasteiger partial charge in [-0.25, -0.2) is 9.50 Å². The second-order valence-electron chi connectivity index (χ2n) is 8.46. The van der Waals surface area contributed by atoms with Gasteiger partial charge in [0.2, 0.25) is 11.7 Å². The van der Waals surface area contributed by atoms with E-state index >= 15 is 0 Å². The number of piperidine rings is 1. The number of carbonyl (C=O) groups is 2. The average Bonchev–Trinajstić information content (AvgIpc) is 3.35. The Morgan fingerprint density at radius 1 is 1.14 bits per heavy atom. The van der Waals surface area contributed by atoms with Crippen LogP contribution >= 0.6 is 0 Å². The van der Waals surface area contributed by atoms with Gasteiger partial charge in [-0.15, -0.1) is 5.10 Å². The molecule has 0 bridgehead atoms. The summed E-state index contributed by atoms with van der Waals surface area (Å²) in [7, 11) is 0. The molecule has 0 radical (unpaired) electrons. The first-order valence-corrected chi connectivity index (χ1v) is 10.6. The molecule has 2 saturated heterocycles. The summed E-state index contributed by atoms with van der Waals surface area (Å²) in [6.07, 6.45) is 9.27. The summed E-state index contributed by atoms with van der Waals surface area (Å²) in [5.74, 6) is 0.247. The van der Waals surface area contributed by atoms with E-state index in [1.54, 1.807) is 23.4 Å². The Morgan fingerprint density at radius 3 is 2.66 bits per heavy atom. The molecule has 3 aliphatic rings. The maximum absolute atomic E-state index is 13.7. The lowest BCUT2D eigenvalue weighted by Crippen LogP contribution is -2.63. The SMILES string of the molecule is O=C(c1nc2ncccn2n1)N1CCCC12CCCN(C1CCC(O)CC1)C2=O. The van der Waals surface area contributed by atoms with E-state index in [4.69, 9.17) is 0 Å². The van der Waals surface area contributed by atoms with E-state index in [2.05, 4.69) is 15.1 Å². The van der Waals surface area contributed by atoms with Crippen LogP contribution in [0, 0.1) is 0 Å². The van der Waals surface area contributed by atoms with Crippen molar-refractivity contribution in [1.82, 2.24) is 29.4 Å². The lowest BCUT2D eigenvalue weighted by atomic mass is 9.82. The van der Waals surface area contributed by atoms with Crippen molar-refractivity contribution < 1.29 is 14.7 Å². The predicted octanol–water partition coefficient (Wildman–Crippen LogP) is 1.02. The molecule has 1 aliphatic carbocycles. The van der Waals surface area contributed by atoms with E-state index in [0.29, 0.717) is 25.2 Å². The van der Waals surface area contributed by atoms with Crippen LogP contribution in [0.2, 0.25) is 0 Å². The van der Waals surface area contributed by atoms with Crippen LogP contribution in [0.5, 0.6) is 0 Å². The first-order chi connectivity index (χ1) is 14.1. The van der Waals surface area contributed by atoms with Gasteiger partial charge in [-0.2, -0.15) is 4.98 Å². The third-order valence-corrected chi connectivity index (χ3v) is 6.80. The number of likely N-dealkylation sites (tertiary alicyclic amines) is 2. The van der Waals surface area contributed by atoms with Gasteiger partial charge in [0.1, 0.15) is 5.54 Å². The molecule has 9 nitrogen and oxygen atoms in total. The highest BCUT2D eigenvalue weighted by atomic mass is 16.3. The van der Waals surface area contributed by atoms with Crippen molar-refractivity contribution in [2.24, 2.45) is 0 Å². The van der Waals surface area contributed by atoms with Gasteiger partial charge in [0, 0.05) is 31.5 Å². The number of aliphatic hydroxyl groups excluding tert-OH is 1. The fourth-order valence-corrected chi connectivity index (χ4v) is 5.34. The zero-order chi connectivity index (χ0) is 20.0. The Hall–Kier alpha value is -2.55. The highest BCUT2D eigenvalue weighted by Crippen LogP contribution is 2.40. The fourth-order valence-electron chi connectivity index (χ4n) is 5.34. The highest BCUT2D eigenvalue weighted by molar-refractivity contribution is 5.98. The summed E-state index contributed by atoms with van der Waals surface area (Å²) >= 11 is 0. The number of hydrogen-bond donors (Lipinski definition) is 1. The average molecular weight is 398 g/mol. The standard InChI is InChI=1S/C20H26N6O3/c27-15-6-4-14(5-7-15)24-11-1-8-20(18(24)29)9-2-12-25(20)17(28)16-22-19-21-10-3-13-26(19)23-16/h3,10,13-15,27H,1-2,4-9,11-12H2. The molecule has 1 N–H and O–H groups in total. The van der Waals surface area contributed by atoms with Crippen LogP contribution in [-0.2, 0) is 4.79 Å². The van der Waals surface area contributed by atoms with Crippen LogP contribution in [0.25, 0.3) is 5.78 Å². The molecule has 5 rings (SSSR count). The van der Waals surface area contributed by atoms with E-state index < -0.39 is 5.54 Å². The minimum atomic E-state index is -0.781. The minimum absolute atomic E-state index is 0.0675. The number of rotatable bonds is 2. The van der Waals surface area contributed by atoms with Crippen molar-refractivity contribution in [3.63, 3.8) is 0 Å². The lowest BCUT2D eigenvalue weighted by Gasteiger charge is -2.47. The molecule has 1 saturated carbocycles. The molecule has 1 atom stereocenters. The molecule has 2 aromatic heterocycles. The summed E-state index contributed by atoms with van der Waals surface area (Å²) < 4.78 is 1.48. The van der Waals surface area contributed by atoms with Crippen molar-refractivity contribution in [2.45, 2.75) is 69.1 Å². The Bertz CT molecular complexity index is 904. The van der Waals surface area contributed by atoms with E-state index in [1.807, 2.05) is 4.90 Å². The summed E-state index contributed by atoms with van der Waals surface area (Å²) in [6, 6.07) is 1.90. The molecule has 0 aromatic carbocycles. The smallest absolute Gasteiger partial charge is 0.294 e. The lowest BCUT2D eigenvalue weighted by molar-refractivity contribution is -0.149. The van der Waals surface area contributed by atoms with Gasteiger partial charge in [-0.1, -0.05) is 0 Å². The molecule has 3 fully saturated rings. The Labute approximate surface area is 168 Å². The van der Waals surface area contributed by atoms with Gasteiger partial charge >= 0.3 is 0 Å². The maximum Gasteiger partial charge on any atom is 0.294 e. The third-order valence-electron chi connectivity index (χ3n) is 6.80. The summed E-state index contributed by atoms with van der Waals surface area (Å²) in [5.41, 5.74) is -0.781. The van der Waals surface area contributed by atoms with Gasteiger partial charge in [0.25, 0.3) is 11.7 Å². The van der Waals surface area contributed by atoms with E-state index in [-0.39, 0.29) is 29.8 Å². The molecule has 4 heterocycles. The van der Waals surface area contributed by atoms with Crippen molar-refractivity contribution in [3.05, 3.63) is 24.3 Å². The van der Waals surface area contributed by atoms with E-state index in [1.165, 1.54) is 4.52 Å². The number of hydrogen-bond acceptors (Lipinski definition) is 6. The zero-order valence-electron chi connectivity index (χ0n) is 16.4. The topological polar surface area (TPSA) is 104 Å². The number of aromatic nitrogens is 4. The van der Waals surface area contributed by atoms with Gasteiger partial charge in [0.15, 0.2) is 0 Å². The van der Waals surface area contributed by atoms with E-state index in [0.717, 1.165) is 45.1 Å². The second-order valence-corrected chi connectivity index (χ2v) is 8.46. The third kappa shape index (κ3) is 2.99. The van der Waals surface area contributed by atoms with Crippen LogP contribution in [0.1, 0.15) is 62.0 Å². The Balaban J connectivity index is 1.42. The zero-order valence-corrected chi connectivity index (χ0v) is 16.4. The molecule has 2 aromatic rings. The minimum Gasteiger partial charge on any atom is -0.393 e. The van der Waals surface area contributed by atoms with Gasteiger partial charge in [0.05, 0.1) is 6.10 Å². The quantitative estimate of drug-likeness (QED) is 0.810. The number of carbonyl (C=O) groups excluding carboxylic acids is 2. The highest BCUT2D eigenvalue weighted by Gasteiger charge is 2.54. The van der Waals surface area contributed by atoms with E-state index in [9.17, 15) is 14.7 Å².